The van der Waals surface area contributed by atoms with Gasteiger partial charge in [-0.05, 0) is 48.9 Å². The highest BCUT2D eigenvalue weighted by molar-refractivity contribution is 6.30. The van der Waals surface area contributed by atoms with Gasteiger partial charge in [-0.2, -0.15) is 5.10 Å². The normalized spacial score (nSPS) is 13.1. The number of hydrogen-bond acceptors (Lipinski definition) is 7. The third kappa shape index (κ3) is 3.72. The lowest BCUT2D eigenvalue weighted by Gasteiger charge is -2.11. The van der Waals surface area contributed by atoms with Crippen molar-refractivity contribution in [2.24, 2.45) is 0 Å². The molecule has 3 aromatic heterocycles. The maximum absolute atomic E-state index is 13.2. The van der Waals surface area contributed by atoms with Crippen LogP contribution in [0.4, 0.5) is 0 Å². The molecule has 1 N–H and O–H groups in total. The summed E-state index contributed by atoms with van der Waals surface area (Å²) >= 11 is 6.17. The molecule has 0 atom stereocenters. The predicted octanol–water partition coefficient (Wildman–Crippen LogP) is 3.61. The lowest BCUT2D eigenvalue weighted by atomic mass is 10.1. The van der Waals surface area contributed by atoms with Gasteiger partial charge in [0.1, 0.15) is 5.52 Å². The van der Waals surface area contributed by atoms with Crippen LogP contribution in [-0.2, 0) is 0 Å². The standard InChI is InChI=1S/C25H19ClN6O4/c1-14-21(15-4-2-5-17(26)12-15)23-28-27-22-18(32(23)29-14)8-9-31(25(22)34)30-24(33)16-6-7-19-20(13-16)36-11-3-10-35-19/h2,4-9,12-13H,3,10-11H2,1H3,(H,30,33). The lowest BCUT2D eigenvalue weighted by molar-refractivity contribution is 0.101. The molecular weight excluding hydrogens is 484 g/mol. The number of rotatable bonds is 3. The van der Waals surface area contributed by atoms with Gasteiger partial charge in [-0.1, -0.05) is 23.7 Å². The van der Waals surface area contributed by atoms with Gasteiger partial charge in [0, 0.05) is 23.2 Å². The van der Waals surface area contributed by atoms with E-state index in [2.05, 4.69) is 20.7 Å². The fourth-order valence-corrected chi connectivity index (χ4v) is 4.39. The van der Waals surface area contributed by atoms with Crippen molar-refractivity contribution in [3.63, 3.8) is 0 Å². The monoisotopic (exact) mass is 502 g/mol. The van der Waals surface area contributed by atoms with Crippen molar-refractivity contribution in [1.29, 1.82) is 0 Å². The van der Waals surface area contributed by atoms with Gasteiger partial charge in [0.2, 0.25) is 0 Å². The molecule has 2 aromatic carbocycles. The SMILES string of the molecule is Cc1nn2c(nnc3c(=O)n(NC(=O)c4ccc5c(c4)OCCCO5)ccc32)c1-c1cccc(Cl)c1. The first-order valence-electron chi connectivity index (χ1n) is 11.2. The third-order valence-electron chi connectivity index (χ3n) is 5.90. The molecule has 10 nitrogen and oxygen atoms in total. The Hall–Kier alpha value is -4.44. The molecule has 0 fully saturated rings. The summed E-state index contributed by atoms with van der Waals surface area (Å²) in [5, 5.41) is 13.6. The van der Waals surface area contributed by atoms with Crippen LogP contribution in [0.1, 0.15) is 22.5 Å². The topological polar surface area (TPSA) is 113 Å². The third-order valence-corrected chi connectivity index (χ3v) is 6.13. The summed E-state index contributed by atoms with van der Waals surface area (Å²) in [7, 11) is 0. The zero-order valence-corrected chi connectivity index (χ0v) is 19.8. The van der Waals surface area contributed by atoms with Crippen molar-refractivity contribution in [3.05, 3.63) is 81.4 Å². The minimum absolute atomic E-state index is 0.0594. The van der Waals surface area contributed by atoms with Crippen molar-refractivity contribution in [2.45, 2.75) is 13.3 Å². The van der Waals surface area contributed by atoms with E-state index in [0.717, 1.165) is 22.2 Å². The van der Waals surface area contributed by atoms with E-state index in [1.54, 1.807) is 34.8 Å². The maximum atomic E-state index is 13.2. The molecule has 11 heteroatoms. The molecule has 180 valence electrons. The predicted molar refractivity (Wildman–Crippen MR) is 133 cm³/mol. The van der Waals surface area contributed by atoms with E-state index in [0.29, 0.717) is 52.2 Å². The number of fused-ring (bicyclic) bond motifs is 4. The number of amides is 1. The van der Waals surface area contributed by atoms with Crippen molar-refractivity contribution in [1.82, 2.24) is 24.5 Å². The minimum atomic E-state index is -0.540. The molecule has 0 saturated heterocycles. The second-order valence-electron chi connectivity index (χ2n) is 8.28. The van der Waals surface area contributed by atoms with Crippen molar-refractivity contribution in [3.8, 4) is 22.6 Å². The first kappa shape index (κ1) is 22.1. The molecule has 4 heterocycles. The van der Waals surface area contributed by atoms with Crippen LogP contribution < -0.4 is 20.5 Å². The summed E-state index contributed by atoms with van der Waals surface area (Å²) in [6.45, 7) is 2.91. The Morgan fingerprint density at radius 2 is 1.89 bits per heavy atom. The number of aromatic nitrogens is 5. The van der Waals surface area contributed by atoms with Gasteiger partial charge in [-0.25, -0.2) is 9.19 Å². The van der Waals surface area contributed by atoms with E-state index in [1.165, 1.54) is 6.20 Å². The van der Waals surface area contributed by atoms with Crippen molar-refractivity contribution >= 4 is 34.2 Å². The van der Waals surface area contributed by atoms with E-state index in [4.69, 9.17) is 21.1 Å². The minimum Gasteiger partial charge on any atom is -0.490 e. The number of benzene rings is 2. The molecule has 6 rings (SSSR count). The quantitative estimate of drug-likeness (QED) is 0.401. The van der Waals surface area contributed by atoms with Crippen molar-refractivity contribution in [2.75, 3.05) is 18.6 Å². The van der Waals surface area contributed by atoms with Crippen LogP contribution in [0.3, 0.4) is 0 Å². The number of aryl methyl sites for hydroxylation is 1. The Labute approximate surface area is 209 Å². The summed E-state index contributed by atoms with van der Waals surface area (Å²) in [6.07, 6.45) is 2.22. The van der Waals surface area contributed by atoms with Crippen molar-refractivity contribution < 1.29 is 14.3 Å². The van der Waals surface area contributed by atoms with Gasteiger partial charge in [0.25, 0.3) is 11.5 Å². The number of nitrogens with one attached hydrogen (secondary N) is 1. The zero-order valence-electron chi connectivity index (χ0n) is 19.1. The van der Waals surface area contributed by atoms with E-state index in [-0.39, 0.29) is 5.52 Å². The average Bonchev–Trinajstić information content (AvgIpc) is 3.04. The summed E-state index contributed by atoms with van der Waals surface area (Å²) in [5.74, 6) is 0.584. The second kappa shape index (κ2) is 8.65. The van der Waals surface area contributed by atoms with Gasteiger partial charge in [-0.3, -0.25) is 15.0 Å². The van der Waals surface area contributed by atoms with Gasteiger partial charge in [0.05, 0.1) is 24.5 Å². The Bertz CT molecular complexity index is 1730. The molecule has 0 bridgehead atoms. The molecule has 0 radical (unpaired) electrons. The summed E-state index contributed by atoms with van der Waals surface area (Å²) in [6, 6.07) is 13.9. The van der Waals surface area contributed by atoms with Crippen LogP contribution in [0.5, 0.6) is 11.5 Å². The number of pyridine rings is 1. The fourth-order valence-electron chi connectivity index (χ4n) is 4.20. The molecule has 5 aromatic rings. The highest BCUT2D eigenvalue weighted by Crippen LogP contribution is 2.31. The number of nitrogens with zero attached hydrogens (tertiary/aromatic N) is 5. The van der Waals surface area contributed by atoms with E-state index < -0.39 is 11.5 Å². The Morgan fingerprint density at radius 1 is 1.06 bits per heavy atom. The number of carbonyl (C=O) groups is 1. The number of carbonyl (C=O) groups excluding carboxylic acids is 1. The van der Waals surface area contributed by atoms with Crippen LogP contribution >= 0.6 is 11.6 Å². The Kier molecular flexibility index (Phi) is 5.30. The van der Waals surface area contributed by atoms with E-state index in [1.807, 2.05) is 25.1 Å². The van der Waals surface area contributed by atoms with Gasteiger partial charge < -0.3 is 9.47 Å². The van der Waals surface area contributed by atoms with Gasteiger partial charge >= 0.3 is 0 Å². The lowest BCUT2D eigenvalue weighted by Crippen LogP contribution is -2.33. The van der Waals surface area contributed by atoms with Crippen LogP contribution in [-0.4, -0.2) is 43.6 Å². The van der Waals surface area contributed by atoms with Gasteiger partial charge in [0.15, 0.2) is 22.7 Å². The molecule has 0 spiro atoms. The molecule has 1 aliphatic heterocycles. The number of hydrogen-bond donors (Lipinski definition) is 1. The maximum Gasteiger partial charge on any atom is 0.299 e. The first-order chi connectivity index (χ1) is 17.5. The van der Waals surface area contributed by atoms with Crippen LogP contribution in [0, 0.1) is 6.92 Å². The Balaban J connectivity index is 1.37. The number of halogens is 1. The molecule has 0 aliphatic carbocycles. The van der Waals surface area contributed by atoms with Gasteiger partial charge in [-0.15, -0.1) is 10.2 Å². The average molecular weight is 503 g/mol. The molecular formula is C25H19ClN6O4. The molecule has 0 saturated carbocycles. The number of ether oxygens (including phenoxy) is 2. The largest absolute Gasteiger partial charge is 0.490 e. The molecule has 36 heavy (non-hydrogen) atoms. The second-order valence-corrected chi connectivity index (χ2v) is 8.72. The highest BCUT2D eigenvalue weighted by Gasteiger charge is 2.19. The summed E-state index contributed by atoms with van der Waals surface area (Å²) in [4.78, 5) is 26.1. The van der Waals surface area contributed by atoms with E-state index >= 15 is 0 Å². The van der Waals surface area contributed by atoms with Crippen LogP contribution in [0.15, 0.2) is 59.5 Å². The molecule has 1 aliphatic rings. The smallest absolute Gasteiger partial charge is 0.299 e. The summed E-state index contributed by atoms with van der Waals surface area (Å²) < 4.78 is 13.9. The zero-order chi connectivity index (χ0) is 24.8. The first-order valence-corrected chi connectivity index (χ1v) is 11.6. The van der Waals surface area contributed by atoms with Crippen LogP contribution in [0.2, 0.25) is 5.02 Å². The molecule has 0 unspecified atom stereocenters. The Morgan fingerprint density at radius 3 is 2.72 bits per heavy atom. The van der Waals surface area contributed by atoms with E-state index in [9.17, 15) is 9.59 Å². The van der Waals surface area contributed by atoms with Crippen LogP contribution in [0.25, 0.3) is 27.8 Å². The summed E-state index contributed by atoms with van der Waals surface area (Å²) in [5.41, 5.74) is 5.73. The highest BCUT2D eigenvalue weighted by atomic mass is 35.5. The molecule has 1 amide bonds. The fraction of sp³-hybridized carbons (Fsp3) is 0.160.